The number of benzene rings is 4. The first-order chi connectivity index (χ1) is 27.6. The minimum absolute atomic E-state index is 0.127. The predicted octanol–water partition coefficient (Wildman–Crippen LogP) is 6.03. The fraction of sp³-hybridized carbons (Fsp3) is 0.143. The van der Waals surface area contributed by atoms with E-state index in [0.717, 1.165) is 10.8 Å². The van der Waals surface area contributed by atoms with Crippen molar-refractivity contribution in [1.29, 1.82) is 0 Å². The Labute approximate surface area is 325 Å². The molecule has 57 heavy (non-hydrogen) atoms. The molecule has 0 unspecified atom stereocenters. The van der Waals surface area contributed by atoms with Crippen molar-refractivity contribution in [3.8, 4) is 34.4 Å². The average Bonchev–Trinajstić information content (AvgIpc) is 3.73. The van der Waals surface area contributed by atoms with Crippen molar-refractivity contribution in [3.63, 3.8) is 0 Å². The molecule has 15 heteroatoms. The summed E-state index contributed by atoms with van der Waals surface area (Å²) in [6, 6.07) is 29.5. The van der Waals surface area contributed by atoms with E-state index in [2.05, 4.69) is 41.4 Å². The third-order valence-corrected chi connectivity index (χ3v) is 8.97. The summed E-state index contributed by atoms with van der Waals surface area (Å²) in [7, 11) is 3.04. The number of aromatic nitrogens is 4. The van der Waals surface area contributed by atoms with Crippen LogP contribution in [-0.2, 0) is 9.59 Å². The summed E-state index contributed by atoms with van der Waals surface area (Å²) in [4.78, 5) is 60.6. The van der Waals surface area contributed by atoms with Gasteiger partial charge in [0.05, 0.1) is 25.3 Å². The Hall–Kier alpha value is -7.68. The molecule has 0 radical (unpaired) electrons. The first-order valence-corrected chi connectivity index (χ1v) is 17.8. The van der Waals surface area contributed by atoms with Crippen LogP contribution in [0, 0.1) is 0 Å². The molecule has 0 aliphatic heterocycles. The number of nitrogens with one attached hydrogen (secondary N) is 4. The van der Waals surface area contributed by atoms with E-state index in [0.29, 0.717) is 45.0 Å². The van der Waals surface area contributed by atoms with Crippen molar-refractivity contribution < 1.29 is 33.1 Å². The van der Waals surface area contributed by atoms with E-state index in [4.69, 9.17) is 13.9 Å². The van der Waals surface area contributed by atoms with E-state index in [1.54, 1.807) is 74.5 Å². The molecule has 4 amide bonds. The summed E-state index contributed by atoms with van der Waals surface area (Å²) < 4.78 is 16.8. The molecule has 4 aromatic carbocycles. The largest absolute Gasteiger partial charge is 0.496 e. The van der Waals surface area contributed by atoms with Gasteiger partial charge in [0, 0.05) is 45.4 Å². The Morgan fingerprint density at radius 2 is 0.947 bits per heavy atom. The van der Waals surface area contributed by atoms with E-state index in [-0.39, 0.29) is 23.2 Å². The summed E-state index contributed by atoms with van der Waals surface area (Å²) in [6.45, 7) is 3.15. The second-order valence-corrected chi connectivity index (χ2v) is 12.9. The lowest BCUT2D eigenvalue weighted by molar-refractivity contribution is -0.118. The van der Waals surface area contributed by atoms with Crippen LogP contribution in [0.25, 0.3) is 44.7 Å². The zero-order valence-corrected chi connectivity index (χ0v) is 31.2. The quantitative estimate of drug-likeness (QED) is 0.113. The topological polar surface area (TPSA) is 200 Å². The van der Waals surface area contributed by atoms with Crippen molar-refractivity contribution >= 4 is 56.8 Å². The Kier molecular flexibility index (Phi) is 10.8. The van der Waals surface area contributed by atoms with Crippen LogP contribution in [0.4, 0.5) is 11.4 Å². The van der Waals surface area contributed by atoms with Gasteiger partial charge in [-0.25, -0.2) is 9.97 Å². The van der Waals surface area contributed by atoms with Crippen molar-refractivity contribution in [2.75, 3.05) is 24.9 Å². The molecule has 7 aromatic rings. The van der Waals surface area contributed by atoms with Crippen molar-refractivity contribution in [3.05, 3.63) is 121 Å². The number of rotatable bonds is 12. The van der Waals surface area contributed by atoms with Gasteiger partial charge in [0.15, 0.2) is 0 Å². The molecule has 4 N–H and O–H groups in total. The number of anilines is 2. The number of amides is 4. The number of ether oxygens (including phenoxy) is 2. The molecular formula is C42H36N8O7. The maximum Gasteiger partial charge on any atom is 0.270 e. The lowest BCUT2D eigenvalue weighted by Crippen LogP contribution is -2.41. The number of nitrogens with zero attached hydrogens (tertiary/aromatic N) is 4. The minimum atomic E-state index is -0.873. The Morgan fingerprint density at radius 3 is 1.33 bits per heavy atom. The number of methoxy groups -OCH3 is 2. The summed E-state index contributed by atoms with van der Waals surface area (Å²) in [6.07, 6.45) is 0. The Balaban J connectivity index is 0.917. The molecular weight excluding hydrogens is 729 g/mol. The van der Waals surface area contributed by atoms with E-state index < -0.39 is 35.7 Å². The van der Waals surface area contributed by atoms with Crippen LogP contribution < -0.4 is 30.7 Å². The van der Waals surface area contributed by atoms with Crippen LogP contribution in [-0.4, -0.2) is 70.1 Å². The minimum Gasteiger partial charge on any atom is -0.496 e. The molecule has 0 aliphatic carbocycles. The molecule has 3 aromatic heterocycles. The second kappa shape index (κ2) is 16.4. The smallest absolute Gasteiger partial charge is 0.270 e. The summed E-state index contributed by atoms with van der Waals surface area (Å²) in [5.41, 5.74) is 3.66. The molecule has 7 rings (SSSR count). The molecule has 0 saturated heterocycles. The summed E-state index contributed by atoms with van der Waals surface area (Å²) >= 11 is 0. The standard InChI is InChI=1S/C42H36N8O7/c1-23(43-39(53)33-21-35(55-3)29-9-5-7-11-31(29)47-33)37(51)45-27-17-13-25(14-18-27)41-49-50-42(57-41)26-15-19-28(20-16-26)46-38(52)24(2)44-40(54)34-22-36(56-4)30-10-6-8-12-32(30)48-34/h5-24H,1-4H3,(H,43,53)(H,44,54)(H,45,51)(H,46,52)/t23-,24-/m0/s1. The van der Waals surface area contributed by atoms with Gasteiger partial charge >= 0.3 is 0 Å². The van der Waals surface area contributed by atoms with Crippen molar-refractivity contribution in [2.24, 2.45) is 0 Å². The molecule has 2 atom stereocenters. The third-order valence-electron chi connectivity index (χ3n) is 8.97. The zero-order valence-electron chi connectivity index (χ0n) is 31.2. The highest BCUT2D eigenvalue weighted by Crippen LogP contribution is 2.28. The highest BCUT2D eigenvalue weighted by atomic mass is 16.5. The van der Waals surface area contributed by atoms with E-state index in [1.165, 1.54) is 26.4 Å². The Bertz CT molecular complexity index is 2450. The normalized spacial score (nSPS) is 12.0. The molecule has 286 valence electrons. The molecule has 0 bridgehead atoms. The number of carbonyl (C=O) groups is 4. The van der Waals surface area contributed by atoms with Crippen LogP contribution >= 0.6 is 0 Å². The van der Waals surface area contributed by atoms with Crippen LogP contribution in [0.5, 0.6) is 11.5 Å². The highest BCUT2D eigenvalue weighted by molar-refractivity contribution is 6.03. The van der Waals surface area contributed by atoms with E-state index in [1.807, 2.05) is 36.4 Å². The Morgan fingerprint density at radius 1 is 0.561 bits per heavy atom. The molecule has 0 aliphatic rings. The number of hydrogen-bond acceptors (Lipinski definition) is 11. The van der Waals surface area contributed by atoms with Gasteiger partial charge in [0.1, 0.15) is 35.0 Å². The third kappa shape index (κ3) is 8.37. The number of pyridine rings is 2. The second-order valence-electron chi connectivity index (χ2n) is 12.9. The number of carbonyl (C=O) groups excluding carboxylic acids is 4. The van der Waals surface area contributed by atoms with Crippen molar-refractivity contribution in [2.45, 2.75) is 25.9 Å². The predicted molar refractivity (Wildman–Crippen MR) is 213 cm³/mol. The van der Waals surface area contributed by atoms with Crippen LogP contribution in [0.15, 0.2) is 114 Å². The molecule has 0 saturated carbocycles. The SMILES string of the molecule is COc1cc(C(=O)N[C@@H](C)C(=O)Nc2ccc(-c3nnc(-c4ccc(NC(=O)[C@H](C)NC(=O)c5cc(OC)c6ccccc6n5)cc4)o3)cc2)nc2ccccc12. The van der Waals surface area contributed by atoms with Crippen LogP contribution in [0.2, 0.25) is 0 Å². The maximum absolute atomic E-state index is 13.0. The monoisotopic (exact) mass is 764 g/mol. The highest BCUT2D eigenvalue weighted by Gasteiger charge is 2.21. The summed E-state index contributed by atoms with van der Waals surface area (Å²) in [5, 5.41) is 20.8. The fourth-order valence-electron chi connectivity index (χ4n) is 5.88. The van der Waals surface area contributed by atoms with Gasteiger partial charge in [-0.15, -0.1) is 10.2 Å². The molecule has 3 heterocycles. The first-order valence-electron chi connectivity index (χ1n) is 17.8. The number of hydrogen-bond donors (Lipinski definition) is 4. The first kappa shape index (κ1) is 37.6. The lowest BCUT2D eigenvalue weighted by atomic mass is 10.1. The van der Waals surface area contributed by atoms with Gasteiger partial charge in [0.2, 0.25) is 23.6 Å². The van der Waals surface area contributed by atoms with E-state index in [9.17, 15) is 19.2 Å². The van der Waals surface area contributed by atoms with Gasteiger partial charge in [-0.3, -0.25) is 19.2 Å². The molecule has 15 nitrogen and oxygen atoms in total. The van der Waals surface area contributed by atoms with Crippen LogP contribution in [0.1, 0.15) is 34.8 Å². The number of para-hydroxylation sites is 2. The zero-order chi connectivity index (χ0) is 40.1. The number of fused-ring (bicyclic) bond motifs is 2. The van der Waals surface area contributed by atoms with E-state index >= 15 is 0 Å². The van der Waals surface area contributed by atoms with Gasteiger partial charge < -0.3 is 35.2 Å². The summed E-state index contributed by atoms with van der Waals surface area (Å²) in [5.74, 6) is -0.380. The molecule has 0 fully saturated rings. The lowest BCUT2D eigenvalue weighted by Gasteiger charge is -2.15. The van der Waals surface area contributed by atoms with Gasteiger partial charge in [-0.05, 0) is 86.6 Å². The average molecular weight is 765 g/mol. The van der Waals surface area contributed by atoms with Gasteiger partial charge in [-0.2, -0.15) is 0 Å². The van der Waals surface area contributed by atoms with Gasteiger partial charge in [0.25, 0.3) is 11.8 Å². The fourth-order valence-corrected chi connectivity index (χ4v) is 5.88. The van der Waals surface area contributed by atoms with Crippen LogP contribution in [0.3, 0.4) is 0 Å². The van der Waals surface area contributed by atoms with Gasteiger partial charge in [-0.1, -0.05) is 24.3 Å². The maximum atomic E-state index is 13.0. The molecule has 0 spiro atoms. The van der Waals surface area contributed by atoms with Crippen molar-refractivity contribution in [1.82, 2.24) is 30.8 Å².